The number of carboxylic acids is 1. The van der Waals surface area contributed by atoms with E-state index in [0.717, 1.165) is 12.8 Å². The molecule has 1 fully saturated rings. The molecule has 1 unspecified atom stereocenters. The predicted octanol–water partition coefficient (Wildman–Crippen LogP) is -2.43. The first-order chi connectivity index (χ1) is 11.3. The van der Waals surface area contributed by atoms with Gasteiger partial charge in [0.05, 0.1) is 5.92 Å². The van der Waals surface area contributed by atoms with Gasteiger partial charge in [-0.2, -0.15) is 13.2 Å². The van der Waals surface area contributed by atoms with E-state index < -0.39 is 18.1 Å². The summed E-state index contributed by atoms with van der Waals surface area (Å²) in [5.41, 5.74) is 4.17. The molecule has 7 nitrogen and oxygen atoms in total. The van der Waals surface area contributed by atoms with Crippen molar-refractivity contribution in [2.24, 2.45) is 17.6 Å². The molecule has 1 aliphatic heterocycles. The maximum Gasteiger partial charge on any atom is 1.00 e. The summed E-state index contributed by atoms with van der Waals surface area (Å²) in [6.07, 6.45) is -3.94. The number of alkyl halides is 3. The van der Waals surface area contributed by atoms with E-state index in [1.807, 2.05) is 0 Å². The zero-order valence-corrected chi connectivity index (χ0v) is 19.4. The number of halogens is 3. The third-order valence-electron chi connectivity index (χ3n) is 2.27. The normalized spacial score (nSPS) is 15.1. The van der Waals surface area contributed by atoms with E-state index in [9.17, 15) is 18.0 Å². The van der Waals surface area contributed by atoms with Crippen LogP contribution in [0.5, 0.6) is 0 Å². The fourth-order valence-electron chi connectivity index (χ4n) is 1.47. The van der Waals surface area contributed by atoms with Gasteiger partial charge in [-0.15, -0.1) is 0 Å². The Balaban J connectivity index is -0.000000168. The molecule has 1 atom stereocenters. The van der Waals surface area contributed by atoms with Crippen molar-refractivity contribution in [3.8, 4) is 0 Å². The van der Waals surface area contributed by atoms with E-state index in [0.29, 0.717) is 0 Å². The number of rotatable bonds is 2. The van der Waals surface area contributed by atoms with Crippen molar-refractivity contribution in [1.29, 1.82) is 0 Å². The fourth-order valence-corrected chi connectivity index (χ4v) is 1.47. The second kappa shape index (κ2) is 19.6. The van der Waals surface area contributed by atoms with Gasteiger partial charge < -0.3 is 25.3 Å². The van der Waals surface area contributed by atoms with Gasteiger partial charge in [0.15, 0.2) is 0 Å². The molecule has 1 saturated heterocycles. The summed E-state index contributed by atoms with van der Waals surface area (Å²) >= 11 is 0. The topological polar surface area (TPSA) is 113 Å². The third-order valence-corrected chi connectivity index (χ3v) is 2.27. The van der Waals surface area contributed by atoms with Crippen LogP contribution in [0.3, 0.4) is 0 Å². The van der Waals surface area contributed by atoms with E-state index >= 15 is 0 Å². The SMILES string of the molecule is CC(=O)[O-].CC(C)C.COCC(=O)N1CCC(C(F)(F)F)C1.NC=O.[K+]. The molecule has 0 bridgehead atoms. The number of nitrogens with two attached hydrogens (primary N) is 1. The smallest absolute Gasteiger partial charge is 0.550 e. The van der Waals surface area contributed by atoms with Crippen LogP contribution in [0.15, 0.2) is 0 Å². The van der Waals surface area contributed by atoms with E-state index in [1.165, 1.54) is 12.0 Å². The van der Waals surface area contributed by atoms with Crippen LogP contribution in [0.1, 0.15) is 34.1 Å². The molecule has 0 radical (unpaired) electrons. The molecule has 11 heteroatoms. The van der Waals surface area contributed by atoms with Gasteiger partial charge in [-0.05, 0) is 19.3 Å². The zero-order valence-electron chi connectivity index (χ0n) is 16.3. The van der Waals surface area contributed by atoms with Crippen LogP contribution in [0.2, 0.25) is 0 Å². The summed E-state index contributed by atoms with van der Waals surface area (Å²) < 4.78 is 41.2. The number of hydrogen-bond acceptors (Lipinski definition) is 5. The van der Waals surface area contributed by atoms with E-state index in [1.54, 1.807) is 0 Å². The Morgan fingerprint density at radius 3 is 1.92 bits per heavy atom. The Hall–Kier alpha value is -0.204. The molecule has 1 rings (SSSR count). The molecule has 2 N–H and O–H groups in total. The van der Waals surface area contributed by atoms with Crippen LogP contribution in [-0.4, -0.2) is 56.2 Å². The largest absolute Gasteiger partial charge is 1.00 e. The molecule has 0 spiro atoms. The number of amides is 2. The predicted molar refractivity (Wildman–Crippen MR) is 84.1 cm³/mol. The number of hydrogen-bond donors (Lipinski definition) is 1. The first-order valence-corrected chi connectivity index (χ1v) is 7.49. The number of likely N-dealkylation sites (tertiary alicyclic amines) is 1. The van der Waals surface area contributed by atoms with Crippen LogP contribution in [0.4, 0.5) is 13.2 Å². The summed E-state index contributed by atoms with van der Waals surface area (Å²) in [5, 5.41) is 8.89. The molecule has 0 aromatic rings. The van der Waals surface area contributed by atoms with Crippen LogP contribution in [0.25, 0.3) is 0 Å². The summed E-state index contributed by atoms with van der Waals surface area (Å²) in [6.45, 7) is 7.27. The number of carbonyl (C=O) groups excluding carboxylic acids is 3. The number of ether oxygens (including phenoxy) is 1. The second-order valence-corrected chi connectivity index (χ2v) is 5.66. The molecule has 0 saturated carbocycles. The molecule has 26 heavy (non-hydrogen) atoms. The number of nitrogens with zero attached hydrogens (tertiary/aromatic N) is 1. The van der Waals surface area contributed by atoms with Gasteiger partial charge in [0.2, 0.25) is 12.3 Å². The standard InChI is InChI=1S/C8H12F3NO2.C4H10.C2H4O2.CH3NO.K/c1-14-5-7(13)12-3-2-6(4-12)8(9,10)11;1-4(2)3;1-2(3)4;2-1-3;/h6H,2-5H2,1H3;4H,1-3H3;1H3,(H,3,4);1H,(H2,2,3);/q;;;;+1/p-1. The van der Waals surface area contributed by atoms with E-state index in [2.05, 4.69) is 31.2 Å². The summed E-state index contributed by atoms with van der Waals surface area (Å²) in [5.74, 6) is -2.00. The average Bonchev–Trinajstić information content (AvgIpc) is 2.87. The Bertz CT molecular complexity index is 376. The molecule has 0 aromatic heterocycles. The quantitative estimate of drug-likeness (QED) is 0.400. The summed E-state index contributed by atoms with van der Waals surface area (Å²) in [6, 6.07) is 0. The number of aliphatic carboxylic acids is 1. The minimum absolute atomic E-state index is 0. The third kappa shape index (κ3) is 26.0. The minimum Gasteiger partial charge on any atom is -0.550 e. The minimum atomic E-state index is -4.19. The number of carboxylic acid groups (broad SMARTS) is 1. The van der Waals surface area contributed by atoms with E-state index in [-0.39, 0.29) is 89.8 Å². The second-order valence-electron chi connectivity index (χ2n) is 5.66. The first-order valence-electron chi connectivity index (χ1n) is 7.49. The maximum absolute atomic E-state index is 12.2. The van der Waals surface area contributed by atoms with Gasteiger partial charge in [-0.25, -0.2) is 0 Å². The Kier molecular flexibility index (Phi) is 25.1. The van der Waals surface area contributed by atoms with E-state index in [4.69, 9.17) is 14.7 Å². The summed E-state index contributed by atoms with van der Waals surface area (Å²) in [4.78, 5) is 29.8. The summed E-state index contributed by atoms with van der Waals surface area (Å²) in [7, 11) is 1.34. The van der Waals surface area contributed by atoms with Crippen molar-refractivity contribution < 1.29 is 88.8 Å². The van der Waals surface area contributed by atoms with Gasteiger partial charge in [-0.1, -0.05) is 20.8 Å². The monoisotopic (exact) mass is 412 g/mol. The van der Waals surface area contributed by atoms with Crippen LogP contribution < -0.4 is 62.2 Å². The Morgan fingerprint density at radius 2 is 1.69 bits per heavy atom. The van der Waals surface area contributed by atoms with Gasteiger partial charge in [0.1, 0.15) is 6.61 Å². The molecule has 2 amide bonds. The Morgan fingerprint density at radius 1 is 1.35 bits per heavy atom. The molecular weight excluding hydrogens is 384 g/mol. The zero-order chi connectivity index (χ0) is 20.6. The molecule has 1 aliphatic rings. The van der Waals surface area contributed by atoms with Gasteiger partial charge >= 0.3 is 57.6 Å². The van der Waals surface area contributed by atoms with Crippen molar-refractivity contribution in [1.82, 2.24) is 4.90 Å². The van der Waals surface area contributed by atoms with Crippen molar-refractivity contribution in [2.45, 2.75) is 40.3 Å². The van der Waals surface area contributed by atoms with Gasteiger partial charge in [0.25, 0.3) is 0 Å². The van der Waals surface area contributed by atoms with Crippen molar-refractivity contribution in [3.63, 3.8) is 0 Å². The molecule has 0 aromatic carbocycles. The van der Waals surface area contributed by atoms with Crippen molar-refractivity contribution in [3.05, 3.63) is 0 Å². The van der Waals surface area contributed by atoms with Gasteiger partial charge in [0, 0.05) is 26.2 Å². The van der Waals surface area contributed by atoms with Crippen molar-refractivity contribution in [2.75, 3.05) is 26.8 Å². The maximum atomic E-state index is 12.2. The first kappa shape index (κ1) is 33.4. The van der Waals surface area contributed by atoms with Crippen LogP contribution in [-0.2, 0) is 19.1 Å². The molecule has 0 aliphatic carbocycles. The Labute approximate surface area is 195 Å². The average molecular weight is 412 g/mol. The van der Waals surface area contributed by atoms with Crippen molar-refractivity contribution >= 4 is 18.3 Å². The number of primary amides is 1. The van der Waals surface area contributed by atoms with Crippen LogP contribution >= 0.6 is 0 Å². The van der Waals surface area contributed by atoms with Crippen LogP contribution in [0, 0.1) is 11.8 Å². The number of methoxy groups -OCH3 is 1. The van der Waals surface area contributed by atoms with Gasteiger partial charge in [-0.3, -0.25) is 9.59 Å². The molecule has 150 valence electrons. The number of carbonyl (C=O) groups is 3. The fraction of sp³-hybridized carbons (Fsp3) is 0.800. The molecular formula is C15H28F3KN2O5. The molecule has 1 heterocycles.